The summed E-state index contributed by atoms with van der Waals surface area (Å²) in [6, 6.07) is 8.39. The molecule has 1 N–H and O–H groups in total. The van der Waals surface area contributed by atoms with Gasteiger partial charge in [0.05, 0.1) is 6.54 Å². The van der Waals surface area contributed by atoms with E-state index in [1.54, 1.807) is 6.92 Å². The lowest BCUT2D eigenvalue weighted by Crippen LogP contribution is -2.43. The molecule has 21 heavy (non-hydrogen) atoms. The van der Waals surface area contributed by atoms with E-state index in [1.807, 2.05) is 30.3 Å². The van der Waals surface area contributed by atoms with Gasteiger partial charge in [0.1, 0.15) is 17.9 Å². The van der Waals surface area contributed by atoms with Crippen LogP contribution in [0.15, 0.2) is 30.3 Å². The van der Waals surface area contributed by atoms with Crippen molar-refractivity contribution < 1.29 is 19.4 Å². The average Bonchev–Trinajstić information content (AvgIpc) is 2.90. The van der Waals surface area contributed by atoms with Crippen molar-refractivity contribution in [3.05, 3.63) is 30.3 Å². The third-order valence-electron chi connectivity index (χ3n) is 3.57. The first-order chi connectivity index (χ1) is 10.0. The maximum Gasteiger partial charge on any atom is 0.326 e. The number of hydrogen-bond acceptors (Lipinski definition) is 4. The molecule has 0 unspecified atom stereocenters. The van der Waals surface area contributed by atoms with Crippen LogP contribution in [-0.2, 0) is 9.59 Å². The molecule has 0 aromatic heterocycles. The minimum absolute atomic E-state index is 0.184. The predicted octanol–water partition coefficient (Wildman–Crippen LogP) is 1.69. The van der Waals surface area contributed by atoms with Gasteiger partial charge >= 0.3 is 5.97 Å². The Hall–Kier alpha value is -1.69. The van der Waals surface area contributed by atoms with Gasteiger partial charge in [-0.05, 0) is 12.1 Å². The van der Waals surface area contributed by atoms with Gasteiger partial charge in [-0.2, -0.15) is 12.6 Å². The number of carboxylic acids is 1. The molecular formula is C15H19NO4S. The second-order valence-corrected chi connectivity index (χ2v) is 5.58. The molecule has 1 saturated heterocycles. The van der Waals surface area contributed by atoms with E-state index in [4.69, 9.17) is 4.74 Å². The van der Waals surface area contributed by atoms with E-state index in [1.165, 1.54) is 4.90 Å². The molecule has 5 nitrogen and oxygen atoms in total. The third kappa shape index (κ3) is 3.69. The summed E-state index contributed by atoms with van der Waals surface area (Å²) in [6.07, 6.45) is -0.000474. The summed E-state index contributed by atoms with van der Waals surface area (Å²) in [5, 5.41) is 9.30. The second kappa shape index (κ2) is 6.85. The molecular weight excluding hydrogens is 290 g/mol. The normalized spacial score (nSPS) is 22.9. The third-order valence-corrected chi connectivity index (χ3v) is 4.12. The van der Waals surface area contributed by atoms with E-state index in [0.717, 1.165) is 0 Å². The first-order valence-corrected chi connectivity index (χ1v) is 7.52. The van der Waals surface area contributed by atoms with Crippen molar-refractivity contribution >= 4 is 24.5 Å². The lowest BCUT2D eigenvalue weighted by atomic mass is 10.1. The highest BCUT2D eigenvalue weighted by molar-refractivity contribution is 7.80. The summed E-state index contributed by atoms with van der Waals surface area (Å²) >= 11 is 4.11. The smallest absolute Gasteiger partial charge is 0.326 e. The van der Waals surface area contributed by atoms with Crippen molar-refractivity contribution in [2.75, 3.05) is 12.3 Å². The van der Waals surface area contributed by atoms with Gasteiger partial charge in [-0.3, -0.25) is 4.79 Å². The van der Waals surface area contributed by atoms with Crippen molar-refractivity contribution in [1.82, 2.24) is 4.90 Å². The zero-order valence-corrected chi connectivity index (χ0v) is 12.7. The van der Waals surface area contributed by atoms with Gasteiger partial charge in [-0.15, -0.1) is 0 Å². The summed E-state index contributed by atoms with van der Waals surface area (Å²) in [5.74, 6) is -0.398. The Morgan fingerprint density at radius 2 is 2.10 bits per heavy atom. The minimum Gasteiger partial charge on any atom is -0.488 e. The Morgan fingerprint density at radius 3 is 2.67 bits per heavy atom. The van der Waals surface area contributed by atoms with E-state index in [0.29, 0.717) is 24.5 Å². The quantitative estimate of drug-likeness (QED) is 0.812. The zero-order valence-electron chi connectivity index (χ0n) is 11.8. The molecule has 1 heterocycles. The van der Waals surface area contributed by atoms with E-state index in [9.17, 15) is 14.7 Å². The molecule has 1 amide bonds. The molecule has 0 aliphatic carbocycles. The molecule has 3 atom stereocenters. The SMILES string of the molecule is C[C@H](CS)C(=O)N1C[C@@H](Oc2ccccc2)C[C@H]1C(=O)O. The van der Waals surface area contributed by atoms with Gasteiger partial charge in [0.2, 0.25) is 5.91 Å². The van der Waals surface area contributed by atoms with E-state index < -0.39 is 12.0 Å². The average molecular weight is 309 g/mol. The van der Waals surface area contributed by atoms with Gasteiger partial charge in [0, 0.05) is 18.1 Å². The fraction of sp³-hybridized carbons (Fsp3) is 0.467. The minimum atomic E-state index is -0.992. The van der Waals surface area contributed by atoms with Gasteiger partial charge in [0.15, 0.2) is 0 Å². The summed E-state index contributed by atoms with van der Waals surface area (Å²) in [5.41, 5.74) is 0. The molecule has 1 aliphatic rings. The molecule has 0 spiro atoms. The van der Waals surface area contributed by atoms with Crippen molar-refractivity contribution in [3.8, 4) is 5.75 Å². The first-order valence-electron chi connectivity index (χ1n) is 6.88. The van der Waals surface area contributed by atoms with Crippen molar-refractivity contribution in [2.45, 2.75) is 25.5 Å². The van der Waals surface area contributed by atoms with Crippen molar-refractivity contribution in [3.63, 3.8) is 0 Å². The van der Waals surface area contributed by atoms with Gasteiger partial charge in [-0.25, -0.2) is 4.79 Å². The summed E-state index contributed by atoms with van der Waals surface area (Å²) in [7, 11) is 0. The van der Waals surface area contributed by atoms with Gasteiger partial charge in [0.25, 0.3) is 0 Å². The molecule has 6 heteroatoms. The monoisotopic (exact) mass is 309 g/mol. The predicted molar refractivity (Wildman–Crippen MR) is 81.6 cm³/mol. The number of carboxylic acid groups (broad SMARTS) is 1. The fourth-order valence-corrected chi connectivity index (χ4v) is 2.57. The number of benzene rings is 1. The molecule has 114 valence electrons. The number of hydrogen-bond donors (Lipinski definition) is 2. The molecule has 0 saturated carbocycles. The van der Waals surface area contributed by atoms with Crippen molar-refractivity contribution in [1.29, 1.82) is 0 Å². The Labute approximate surface area is 129 Å². The summed E-state index contributed by atoms with van der Waals surface area (Å²) < 4.78 is 5.77. The van der Waals surface area contributed by atoms with Crippen molar-refractivity contribution in [2.24, 2.45) is 5.92 Å². The number of aliphatic carboxylic acids is 1. The van der Waals surface area contributed by atoms with Gasteiger partial charge in [-0.1, -0.05) is 25.1 Å². The number of carbonyl (C=O) groups excluding carboxylic acids is 1. The maximum absolute atomic E-state index is 12.2. The highest BCUT2D eigenvalue weighted by Crippen LogP contribution is 2.25. The second-order valence-electron chi connectivity index (χ2n) is 5.22. The molecule has 1 aromatic carbocycles. The number of ether oxygens (including phenoxy) is 1. The number of rotatable bonds is 5. The van der Waals surface area contributed by atoms with E-state index in [-0.39, 0.29) is 17.9 Å². The number of likely N-dealkylation sites (tertiary alicyclic amines) is 1. The molecule has 1 fully saturated rings. The Kier molecular flexibility index (Phi) is 5.12. The Balaban J connectivity index is 2.08. The van der Waals surface area contributed by atoms with Crippen LogP contribution in [0.25, 0.3) is 0 Å². The highest BCUT2D eigenvalue weighted by atomic mass is 32.1. The van der Waals surface area contributed by atoms with Crippen LogP contribution in [0.2, 0.25) is 0 Å². The lowest BCUT2D eigenvalue weighted by molar-refractivity contribution is -0.149. The molecule has 0 bridgehead atoms. The number of nitrogens with zero attached hydrogens (tertiary/aromatic N) is 1. The van der Waals surface area contributed by atoms with Crippen LogP contribution >= 0.6 is 12.6 Å². The maximum atomic E-state index is 12.2. The van der Waals surface area contributed by atoms with Crippen LogP contribution in [0.1, 0.15) is 13.3 Å². The number of carbonyl (C=O) groups is 2. The highest BCUT2D eigenvalue weighted by Gasteiger charge is 2.41. The molecule has 2 rings (SSSR count). The lowest BCUT2D eigenvalue weighted by Gasteiger charge is -2.24. The van der Waals surface area contributed by atoms with Crippen LogP contribution in [0.4, 0.5) is 0 Å². The summed E-state index contributed by atoms with van der Waals surface area (Å²) in [4.78, 5) is 25.0. The van der Waals surface area contributed by atoms with Crippen LogP contribution in [0.5, 0.6) is 5.75 Å². The number of amides is 1. The Morgan fingerprint density at radius 1 is 1.43 bits per heavy atom. The topological polar surface area (TPSA) is 66.8 Å². The van der Waals surface area contributed by atoms with Gasteiger partial charge < -0.3 is 14.7 Å². The zero-order chi connectivity index (χ0) is 15.4. The van der Waals surface area contributed by atoms with E-state index in [2.05, 4.69) is 12.6 Å². The first kappa shape index (κ1) is 15.7. The van der Waals surface area contributed by atoms with Crippen LogP contribution in [-0.4, -0.2) is 46.3 Å². The summed E-state index contributed by atoms with van der Waals surface area (Å²) in [6.45, 7) is 2.04. The van der Waals surface area contributed by atoms with Crippen LogP contribution in [0.3, 0.4) is 0 Å². The van der Waals surface area contributed by atoms with Crippen LogP contribution in [0, 0.1) is 5.92 Å². The fourth-order valence-electron chi connectivity index (χ4n) is 2.41. The number of thiol groups is 1. The standard InChI is InChI=1S/C15H19NO4S/c1-10(9-21)14(17)16-8-12(7-13(16)15(18)19)20-11-5-3-2-4-6-11/h2-6,10,12-13,21H,7-9H2,1H3,(H,18,19)/t10-,12+,13+/m1/s1. The van der Waals surface area contributed by atoms with Crippen LogP contribution < -0.4 is 4.74 Å². The molecule has 1 aliphatic heterocycles. The number of para-hydroxylation sites is 1. The van der Waals surface area contributed by atoms with E-state index >= 15 is 0 Å². The largest absolute Gasteiger partial charge is 0.488 e. The molecule has 1 aromatic rings. The Bertz CT molecular complexity index is 508. The molecule has 0 radical (unpaired) electrons.